The van der Waals surface area contributed by atoms with Crippen LogP contribution in [-0.2, 0) is 0 Å². The third-order valence-corrected chi connectivity index (χ3v) is 2.27. The molecule has 0 amide bonds. The standard InChI is InChI=1S/C11H9F2N3O/c1-6-4-10(17)11(14)15-16(6)9-5-7(12)2-3-8(9)13/h2-5H,1H3,(H2,14,15). The summed E-state index contributed by atoms with van der Waals surface area (Å²) in [7, 11) is 0. The van der Waals surface area contributed by atoms with Crippen molar-refractivity contribution >= 4 is 5.82 Å². The Hall–Kier alpha value is -2.24. The second-order valence-electron chi connectivity index (χ2n) is 3.54. The van der Waals surface area contributed by atoms with E-state index in [1.165, 1.54) is 6.07 Å². The van der Waals surface area contributed by atoms with Gasteiger partial charge in [0, 0.05) is 17.8 Å². The van der Waals surface area contributed by atoms with Gasteiger partial charge >= 0.3 is 0 Å². The fourth-order valence-corrected chi connectivity index (χ4v) is 1.45. The molecule has 0 spiro atoms. The lowest BCUT2D eigenvalue weighted by atomic mass is 10.3. The Morgan fingerprint density at radius 2 is 2.00 bits per heavy atom. The van der Waals surface area contributed by atoms with E-state index in [2.05, 4.69) is 5.10 Å². The molecular weight excluding hydrogens is 228 g/mol. The molecule has 0 aliphatic heterocycles. The minimum atomic E-state index is -0.648. The maximum absolute atomic E-state index is 13.5. The third-order valence-electron chi connectivity index (χ3n) is 2.27. The van der Waals surface area contributed by atoms with Crippen LogP contribution in [0.15, 0.2) is 29.1 Å². The number of nitrogens with two attached hydrogens (primary N) is 1. The van der Waals surface area contributed by atoms with Crippen molar-refractivity contribution in [1.82, 2.24) is 9.78 Å². The van der Waals surface area contributed by atoms with Crippen molar-refractivity contribution in [2.45, 2.75) is 6.92 Å². The number of anilines is 1. The van der Waals surface area contributed by atoms with Crippen LogP contribution in [0.2, 0.25) is 0 Å². The summed E-state index contributed by atoms with van der Waals surface area (Å²) in [5.41, 5.74) is 5.19. The maximum Gasteiger partial charge on any atom is 0.224 e. The number of hydrogen-bond donors (Lipinski definition) is 1. The van der Waals surface area contributed by atoms with Crippen LogP contribution in [-0.4, -0.2) is 9.78 Å². The molecule has 0 radical (unpaired) electrons. The fourth-order valence-electron chi connectivity index (χ4n) is 1.45. The van der Waals surface area contributed by atoms with Gasteiger partial charge in [0.05, 0.1) is 0 Å². The number of rotatable bonds is 1. The molecule has 88 valence electrons. The predicted molar refractivity (Wildman–Crippen MR) is 58.9 cm³/mol. The van der Waals surface area contributed by atoms with E-state index in [1.54, 1.807) is 6.92 Å². The summed E-state index contributed by atoms with van der Waals surface area (Å²) in [5.74, 6) is -1.51. The van der Waals surface area contributed by atoms with Gasteiger partial charge in [-0.25, -0.2) is 13.5 Å². The van der Waals surface area contributed by atoms with Gasteiger partial charge in [-0.1, -0.05) is 0 Å². The first-order valence-electron chi connectivity index (χ1n) is 4.81. The van der Waals surface area contributed by atoms with E-state index in [4.69, 9.17) is 5.73 Å². The first-order chi connectivity index (χ1) is 7.99. The second-order valence-corrected chi connectivity index (χ2v) is 3.54. The predicted octanol–water partition coefficient (Wildman–Crippen LogP) is 1.40. The number of nitrogen functional groups attached to an aromatic ring is 1. The van der Waals surface area contributed by atoms with Gasteiger partial charge in [0.25, 0.3) is 0 Å². The highest BCUT2D eigenvalue weighted by molar-refractivity contribution is 5.37. The summed E-state index contributed by atoms with van der Waals surface area (Å²) in [6.45, 7) is 1.55. The van der Waals surface area contributed by atoms with Gasteiger partial charge in [0.15, 0.2) is 5.82 Å². The maximum atomic E-state index is 13.5. The van der Waals surface area contributed by atoms with Crippen LogP contribution >= 0.6 is 0 Å². The second kappa shape index (κ2) is 3.97. The molecule has 0 aliphatic carbocycles. The van der Waals surface area contributed by atoms with Gasteiger partial charge in [0.2, 0.25) is 5.43 Å². The Balaban J connectivity index is 2.72. The molecule has 0 bridgehead atoms. The summed E-state index contributed by atoms with van der Waals surface area (Å²) in [4.78, 5) is 11.2. The van der Waals surface area contributed by atoms with Gasteiger partial charge in [-0.3, -0.25) is 4.79 Å². The lowest BCUT2D eigenvalue weighted by Crippen LogP contribution is -2.18. The van der Waals surface area contributed by atoms with Crippen molar-refractivity contribution in [3.8, 4) is 5.69 Å². The molecule has 1 aromatic carbocycles. The molecular formula is C11H9F2N3O. The van der Waals surface area contributed by atoms with E-state index >= 15 is 0 Å². The quantitative estimate of drug-likeness (QED) is 0.815. The summed E-state index contributed by atoms with van der Waals surface area (Å²) in [6, 6.07) is 4.19. The highest BCUT2D eigenvalue weighted by Gasteiger charge is 2.10. The largest absolute Gasteiger partial charge is 0.379 e. The SMILES string of the molecule is Cc1cc(=O)c(N)nn1-c1cc(F)ccc1F. The molecule has 0 aliphatic rings. The topological polar surface area (TPSA) is 60.9 Å². The zero-order chi connectivity index (χ0) is 12.6. The Kier molecular flexibility index (Phi) is 2.63. The zero-order valence-corrected chi connectivity index (χ0v) is 8.95. The van der Waals surface area contributed by atoms with E-state index < -0.39 is 17.1 Å². The smallest absolute Gasteiger partial charge is 0.224 e. The van der Waals surface area contributed by atoms with Crippen LogP contribution in [0.1, 0.15) is 5.69 Å². The number of halogens is 2. The molecule has 0 atom stereocenters. The molecule has 17 heavy (non-hydrogen) atoms. The van der Waals surface area contributed by atoms with Crippen molar-refractivity contribution in [2.24, 2.45) is 0 Å². The highest BCUT2D eigenvalue weighted by atomic mass is 19.1. The number of hydrogen-bond acceptors (Lipinski definition) is 3. The Morgan fingerprint density at radius 3 is 2.71 bits per heavy atom. The molecule has 0 saturated carbocycles. The first kappa shape index (κ1) is 11.3. The molecule has 0 saturated heterocycles. The van der Waals surface area contributed by atoms with Crippen LogP contribution in [0.25, 0.3) is 5.69 Å². The highest BCUT2D eigenvalue weighted by Crippen LogP contribution is 2.15. The summed E-state index contributed by atoms with van der Waals surface area (Å²) in [6.07, 6.45) is 0. The van der Waals surface area contributed by atoms with Gasteiger partial charge in [-0.2, -0.15) is 0 Å². The van der Waals surface area contributed by atoms with Crippen LogP contribution in [0.5, 0.6) is 0 Å². The molecule has 2 N–H and O–H groups in total. The van der Waals surface area contributed by atoms with Crippen molar-refractivity contribution in [1.29, 1.82) is 0 Å². The minimum absolute atomic E-state index is 0.0887. The van der Waals surface area contributed by atoms with Crippen molar-refractivity contribution in [2.75, 3.05) is 5.73 Å². The number of aryl methyl sites for hydroxylation is 1. The van der Waals surface area contributed by atoms with Gasteiger partial charge < -0.3 is 5.73 Å². The van der Waals surface area contributed by atoms with E-state index in [-0.39, 0.29) is 11.5 Å². The lowest BCUT2D eigenvalue weighted by molar-refractivity contribution is 0.583. The van der Waals surface area contributed by atoms with Crippen molar-refractivity contribution in [3.63, 3.8) is 0 Å². The Labute approximate surface area is 95.3 Å². The van der Waals surface area contributed by atoms with E-state index in [9.17, 15) is 13.6 Å². The molecule has 1 heterocycles. The molecule has 0 unspecified atom stereocenters. The fraction of sp³-hybridized carbons (Fsp3) is 0.0909. The monoisotopic (exact) mass is 237 g/mol. The number of benzene rings is 1. The van der Waals surface area contributed by atoms with Gasteiger partial charge in [0.1, 0.15) is 17.3 Å². The summed E-state index contributed by atoms with van der Waals surface area (Å²) >= 11 is 0. The zero-order valence-electron chi connectivity index (χ0n) is 8.95. The average molecular weight is 237 g/mol. The average Bonchev–Trinajstić information content (AvgIpc) is 2.27. The molecule has 0 fully saturated rings. The molecule has 2 rings (SSSR count). The summed E-state index contributed by atoms with van der Waals surface area (Å²) < 4.78 is 27.7. The van der Waals surface area contributed by atoms with E-state index in [0.29, 0.717) is 5.69 Å². The normalized spacial score (nSPS) is 10.5. The number of nitrogens with zero attached hydrogens (tertiary/aromatic N) is 2. The first-order valence-corrected chi connectivity index (χ1v) is 4.81. The number of aromatic nitrogens is 2. The Bertz CT molecular complexity index is 637. The van der Waals surface area contributed by atoms with Crippen molar-refractivity contribution < 1.29 is 8.78 Å². The minimum Gasteiger partial charge on any atom is -0.379 e. The molecule has 4 nitrogen and oxygen atoms in total. The molecule has 6 heteroatoms. The summed E-state index contributed by atoms with van der Waals surface area (Å²) in [5, 5.41) is 3.72. The lowest BCUT2D eigenvalue weighted by Gasteiger charge is -2.10. The van der Waals surface area contributed by atoms with E-state index in [1.807, 2.05) is 0 Å². The van der Waals surface area contributed by atoms with Crippen LogP contribution < -0.4 is 11.2 Å². The molecule has 2 aromatic rings. The van der Waals surface area contributed by atoms with Crippen LogP contribution in [0.3, 0.4) is 0 Å². The molecule has 1 aromatic heterocycles. The van der Waals surface area contributed by atoms with Crippen LogP contribution in [0, 0.1) is 18.6 Å². The van der Waals surface area contributed by atoms with Crippen molar-refractivity contribution in [3.05, 3.63) is 51.8 Å². The van der Waals surface area contributed by atoms with Crippen LogP contribution in [0.4, 0.5) is 14.6 Å². The van der Waals surface area contributed by atoms with Gasteiger partial charge in [-0.05, 0) is 19.1 Å². The third kappa shape index (κ3) is 2.01. The van der Waals surface area contributed by atoms with E-state index in [0.717, 1.165) is 22.9 Å². The van der Waals surface area contributed by atoms with Gasteiger partial charge in [-0.15, -0.1) is 5.10 Å². The Morgan fingerprint density at radius 1 is 1.29 bits per heavy atom.